The zero-order valence-corrected chi connectivity index (χ0v) is 13.7. The Morgan fingerprint density at radius 1 is 1.20 bits per heavy atom. The highest BCUT2D eigenvalue weighted by Crippen LogP contribution is 2.17. The van der Waals surface area contributed by atoms with E-state index < -0.39 is 0 Å². The number of aryl methyl sites for hydroxylation is 2. The van der Waals surface area contributed by atoms with Crippen LogP contribution in [0.25, 0.3) is 0 Å². The normalized spacial score (nSPS) is 10.6. The lowest BCUT2D eigenvalue weighted by Gasteiger charge is -2.18. The van der Waals surface area contributed by atoms with Crippen molar-refractivity contribution in [2.24, 2.45) is 0 Å². The van der Waals surface area contributed by atoms with Crippen LogP contribution in [0.15, 0.2) is 28.9 Å². The van der Waals surface area contributed by atoms with Crippen molar-refractivity contribution in [2.45, 2.75) is 33.2 Å². The highest BCUT2D eigenvalue weighted by molar-refractivity contribution is 9.10. The van der Waals surface area contributed by atoms with E-state index in [2.05, 4.69) is 42.7 Å². The molecule has 0 spiro atoms. The molecule has 0 saturated carbocycles. The van der Waals surface area contributed by atoms with Gasteiger partial charge in [-0.15, -0.1) is 0 Å². The Kier molecular flexibility index (Phi) is 5.06. The first-order valence-corrected chi connectivity index (χ1v) is 7.55. The molecule has 0 N–H and O–H groups in total. The maximum absolute atomic E-state index is 4.60. The summed E-state index contributed by atoms with van der Waals surface area (Å²) < 4.78 is 0.829. The molecule has 2 rings (SSSR count). The number of hydrogen-bond donors (Lipinski definition) is 0. The Morgan fingerprint density at radius 2 is 2.00 bits per heavy atom. The fourth-order valence-electron chi connectivity index (χ4n) is 1.99. The van der Waals surface area contributed by atoms with Gasteiger partial charge in [0.05, 0.1) is 12.2 Å². The van der Waals surface area contributed by atoms with Gasteiger partial charge in [-0.2, -0.15) is 0 Å². The molecule has 5 heteroatoms. The highest BCUT2D eigenvalue weighted by Gasteiger charge is 2.08. The summed E-state index contributed by atoms with van der Waals surface area (Å²) in [6.45, 7) is 4.87. The number of aromatic nitrogens is 3. The van der Waals surface area contributed by atoms with E-state index in [-0.39, 0.29) is 0 Å². The minimum Gasteiger partial charge on any atom is -0.354 e. The topological polar surface area (TPSA) is 41.9 Å². The summed E-state index contributed by atoms with van der Waals surface area (Å²) >= 11 is 3.45. The van der Waals surface area contributed by atoms with Crippen molar-refractivity contribution in [1.82, 2.24) is 15.0 Å². The van der Waals surface area contributed by atoms with Crippen LogP contribution in [0, 0.1) is 6.92 Å². The van der Waals surface area contributed by atoms with Gasteiger partial charge in [0.1, 0.15) is 16.2 Å². The summed E-state index contributed by atoms with van der Waals surface area (Å²) in [6.07, 6.45) is 1.93. The van der Waals surface area contributed by atoms with Crippen molar-refractivity contribution < 1.29 is 0 Å². The van der Waals surface area contributed by atoms with E-state index in [9.17, 15) is 0 Å². The smallest absolute Gasteiger partial charge is 0.133 e. The van der Waals surface area contributed by atoms with E-state index in [0.29, 0.717) is 0 Å². The van der Waals surface area contributed by atoms with Crippen LogP contribution in [-0.2, 0) is 13.0 Å². The second-order valence-electron chi connectivity index (χ2n) is 4.84. The Morgan fingerprint density at radius 3 is 2.70 bits per heavy atom. The van der Waals surface area contributed by atoms with Gasteiger partial charge < -0.3 is 4.90 Å². The van der Waals surface area contributed by atoms with Crippen molar-refractivity contribution in [2.75, 3.05) is 11.9 Å². The van der Waals surface area contributed by atoms with Crippen LogP contribution in [0.3, 0.4) is 0 Å². The van der Waals surface area contributed by atoms with E-state index in [0.717, 1.165) is 47.0 Å². The van der Waals surface area contributed by atoms with Crippen LogP contribution in [0.2, 0.25) is 0 Å². The van der Waals surface area contributed by atoms with Gasteiger partial charge in [-0.3, -0.25) is 4.98 Å². The molecule has 0 saturated heterocycles. The van der Waals surface area contributed by atoms with E-state index in [4.69, 9.17) is 0 Å². The second-order valence-corrected chi connectivity index (χ2v) is 5.65. The lowest BCUT2D eigenvalue weighted by molar-refractivity contribution is 0.799. The zero-order chi connectivity index (χ0) is 14.5. The van der Waals surface area contributed by atoms with Gasteiger partial charge in [0.25, 0.3) is 0 Å². The first-order valence-electron chi connectivity index (χ1n) is 6.75. The SMILES string of the molecule is CCCc1nc(Br)cc(N(C)Cc2cccc(C)n2)n1. The molecule has 2 aromatic heterocycles. The molecule has 0 atom stereocenters. The van der Waals surface area contributed by atoms with Crippen molar-refractivity contribution in [3.63, 3.8) is 0 Å². The van der Waals surface area contributed by atoms with Crippen molar-refractivity contribution >= 4 is 21.7 Å². The summed E-state index contributed by atoms with van der Waals surface area (Å²) in [5.41, 5.74) is 2.07. The first kappa shape index (κ1) is 14.9. The van der Waals surface area contributed by atoms with E-state index in [1.54, 1.807) is 0 Å². The van der Waals surface area contributed by atoms with Gasteiger partial charge >= 0.3 is 0 Å². The minimum absolute atomic E-state index is 0.733. The fourth-order valence-corrected chi connectivity index (χ4v) is 2.40. The zero-order valence-electron chi connectivity index (χ0n) is 12.1. The third-order valence-electron chi connectivity index (χ3n) is 2.94. The lowest BCUT2D eigenvalue weighted by Crippen LogP contribution is -2.19. The average molecular weight is 335 g/mol. The van der Waals surface area contributed by atoms with Crippen LogP contribution in [0.4, 0.5) is 5.82 Å². The molecule has 0 unspecified atom stereocenters. The van der Waals surface area contributed by atoms with Gasteiger partial charge in [-0.05, 0) is 41.4 Å². The molecule has 0 aliphatic heterocycles. The molecular weight excluding hydrogens is 316 g/mol. The molecule has 2 heterocycles. The van der Waals surface area contributed by atoms with Gasteiger partial charge in [0.15, 0.2) is 0 Å². The van der Waals surface area contributed by atoms with Crippen molar-refractivity contribution in [3.8, 4) is 0 Å². The summed E-state index contributed by atoms with van der Waals surface area (Å²) in [5, 5.41) is 0. The third-order valence-corrected chi connectivity index (χ3v) is 3.34. The predicted molar refractivity (Wildman–Crippen MR) is 84.8 cm³/mol. The summed E-state index contributed by atoms with van der Waals surface area (Å²) in [7, 11) is 2.02. The summed E-state index contributed by atoms with van der Waals surface area (Å²) in [5.74, 6) is 1.79. The highest BCUT2D eigenvalue weighted by atomic mass is 79.9. The molecular formula is C15H19BrN4. The molecule has 0 fully saturated rings. The van der Waals surface area contributed by atoms with Crippen LogP contribution in [-0.4, -0.2) is 22.0 Å². The largest absolute Gasteiger partial charge is 0.354 e. The number of nitrogens with zero attached hydrogens (tertiary/aromatic N) is 4. The summed E-state index contributed by atoms with van der Waals surface area (Å²) in [6, 6.07) is 8.01. The minimum atomic E-state index is 0.733. The molecule has 0 aromatic carbocycles. The van der Waals surface area contributed by atoms with Crippen molar-refractivity contribution in [1.29, 1.82) is 0 Å². The Balaban J connectivity index is 2.18. The Bertz CT molecular complexity index is 586. The molecule has 0 aliphatic carbocycles. The number of hydrogen-bond acceptors (Lipinski definition) is 4. The van der Waals surface area contributed by atoms with Crippen LogP contribution in [0.1, 0.15) is 30.6 Å². The average Bonchev–Trinajstić information content (AvgIpc) is 2.38. The fraction of sp³-hybridized carbons (Fsp3) is 0.400. The standard InChI is InChI=1S/C15H19BrN4/c1-4-6-14-18-13(16)9-15(19-14)20(3)10-12-8-5-7-11(2)17-12/h5,7-9H,4,6,10H2,1-3H3. The van der Waals surface area contributed by atoms with E-state index >= 15 is 0 Å². The van der Waals surface area contributed by atoms with Crippen LogP contribution < -0.4 is 4.90 Å². The first-order chi connectivity index (χ1) is 9.58. The molecule has 106 valence electrons. The number of pyridine rings is 1. The third kappa shape index (κ3) is 4.00. The number of halogens is 1. The molecule has 0 bridgehead atoms. The molecule has 2 aromatic rings. The predicted octanol–water partition coefficient (Wildman–Crippen LogP) is 3.53. The summed E-state index contributed by atoms with van der Waals surface area (Å²) in [4.78, 5) is 15.6. The second kappa shape index (κ2) is 6.79. The van der Waals surface area contributed by atoms with Gasteiger partial charge in [0.2, 0.25) is 0 Å². The Labute approximate surface area is 128 Å². The van der Waals surface area contributed by atoms with Gasteiger partial charge in [-0.25, -0.2) is 9.97 Å². The maximum Gasteiger partial charge on any atom is 0.133 e. The molecule has 4 nitrogen and oxygen atoms in total. The monoisotopic (exact) mass is 334 g/mol. The molecule has 20 heavy (non-hydrogen) atoms. The Hall–Kier alpha value is -1.49. The number of anilines is 1. The van der Waals surface area contributed by atoms with Crippen LogP contribution in [0.5, 0.6) is 0 Å². The maximum atomic E-state index is 4.60. The van der Waals surface area contributed by atoms with Crippen molar-refractivity contribution in [3.05, 3.63) is 46.1 Å². The van der Waals surface area contributed by atoms with E-state index in [1.165, 1.54) is 0 Å². The van der Waals surface area contributed by atoms with Gasteiger partial charge in [-0.1, -0.05) is 13.0 Å². The quantitative estimate of drug-likeness (QED) is 0.784. The van der Waals surface area contributed by atoms with Crippen LogP contribution >= 0.6 is 15.9 Å². The van der Waals surface area contributed by atoms with E-state index in [1.807, 2.05) is 38.2 Å². The molecule has 0 radical (unpaired) electrons. The van der Waals surface area contributed by atoms with Gasteiger partial charge in [0, 0.05) is 25.2 Å². The molecule has 0 amide bonds. The lowest BCUT2D eigenvalue weighted by atomic mass is 10.3. The number of rotatable bonds is 5. The molecule has 0 aliphatic rings.